The van der Waals surface area contributed by atoms with Crippen LogP contribution in [0, 0.1) is 24.1 Å². The maximum atomic E-state index is 15.3. The van der Waals surface area contributed by atoms with Crippen LogP contribution in [0.4, 0.5) is 4.39 Å². The van der Waals surface area contributed by atoms with Gasteiger partial charge >= 0.3 is 5.97 Å². The monoisotopic (exact) mass is 599 g/mol. The Balaban J connectivity index is 1.37. The van der Waals surface area contributed by atoms with Crippen molar-refractivity contribution >= 4 is 5.97 Å². The van der Waals surface area contributed by atoms with Gasteiger partial charge in [0.15, 0.2) is 23.1 Å². The maximum absolute atomic E-state index is 15.3. The van der Waals surface area contributed by atoms with Crippen LogP contribution in [-0.2, 0) is 24.6 Å². The van der Waals surface area contributed by atoms with Gasteiger partial charge in [-0.05, 0) is 53.4 Å². The van der Waals surface area contributed by atoms with Gasteiger partial charge in [-0.1, -0.05) is 24.3 Å². The number of aliphatic hydroxyl groups excluding tert-OH is 1. The molecule has 0 spiro atoms. The van der Waals surface area contributed by atoms with Crippen molar-refractivity contribution in [2.24, 2.45) is 0 Å². The average Bonchev–Trinajstić information content (AvgIpc) is 3.04. The number of pyridine rings is 1. The molecule has 0 amide bonds. The van der Waals surface area contributed by atoms with Crippen molar-refractivity contribution in [2.75, 3.05) is 19.8 Å². The Morgan fingerprint density at radius 2 is 1.84 bits per heavy atom. The Hall–Kier alpha value is -5.18. The second-order valence-electron chi connectivity index (χ2n) is 10.1. The number of benzene rings is 3. The number of carboxylic acids is 1. The molecule has 3 N–H and O–H groups in total. The molecule has 2 heterocycles. The third-order valence-electron chi connectivity index (χ3n) is 7.14. The lowest BCUT2D eigenvalue weighted by atomic mass is 9.96. The molecule has 10 nitrogen and oxygen atoms in total. The molecular weight excluding hydrogens is 569 g/mol. The van der Waals surface area contributed by atoms with E-state index in [-0.39, 0.29) is 31.3 Å². The number of fused-ring (bicyclic) bond motifs is 1. The van der Waals surface area contributed by atoms with Gasteiger partial charge in [-0.2, -0.15) is 5.26 Å². The zero-order valence-electron chi connectivity index (χ0n) is 23.9. The molecule has 0 aliphatic carbocycles. The second-order valence-corrected chi connectivity index (χ2v) is 10.1. The Morgan fingerprint density at radius 3 is 2.61 bits per heavy atom. The van der Waals surface area contributed by atoms with Gasteiger partial charge in [0.25, 0.3) is 0 Å². The first-order valence-electron chi connectivity index (χ1n) is 13.8. The molecule has 11 heteroatoms. The highest BCUT2D eigenvalue weighted by Gasteiger charge is 2.19. The van der Waals surface area contributed by atoms with Crippen LogP contribution >= 0.6 is 0 Å². The lowest BCUT2D eigenvalue weighted by Crippen LogP contribution is -2.39. The molecule has 1 aliphatic rings. The number of ether oxygens (including phenoxy) is 4. The van der Waals surface area contributed by atoms with Gasteiger partial charge in [0.1, 0.15) is 44.3 Å². The molecule has 0 bridgehead atoms. The van der Waals surface area contributed by atoms with Crippen LogP contribution in [0.25, 0.3) is 11.1 Å². The summed E-state index contributed by atoms with van der Waals surface area (Å²) in [6.45, 7) is 2.30. The van der Waals surface area contributed by atoms with Gasteiger partial charge in [-0.3, -0.25) is 15.1 Å². The van der Waals surface area contributed by atoms with Crippen molar-refractivity contribution in [3.05, 3.63) is 101 Å². The van der Waals surface area contributed by atoms with Crippen LogP contribution in [0.5, 0.6) is 23.0 Å². The summed E-state index contributed by atoms with van der Waals surface area (Å²) in [4.78, 5) is 15.4. The zero-order chi connectivity index (χ0) is 31.1. The number of aliphatic carboxylic acids is 1. The fourth-order valence-corrected chi connectivity index (χ4v) is 4.73. The standard InChI is InChI=1S/C33H30FN3O7/c1-20-24(3-2-4-26(20)23-5-6-29-32(11-23)42-8-7-41-29)19-44-31-12-30(43-18-22-9-21(13-35)14-36-15-22)25(10-27(31)34)16-37-28(17-38)33(39)40/h2-6,9-12,14-15,28,37-38H,7-8,16-19H2,1H3,(H,39,40). The number of hydrogen-bond donors (Lipinski definition) is 3. The van der Waals surface area contributed by atoms with E-state index in [1.165, 1.54) is 18.3 Å². The molecule has 1 atom stereocenters. The summed E-state index contributed by atoms with van der Waals surface area (Å²) in [5, 5.41) is 30.5. The van der Waals surface area contributed by atoms with Gasteiger partial charge in [-0.15, -0.1) is 0 Å². The van der Waals surface area contributed by atoms with E-state index in [1.807, 2.05) is 49.4 Å². The Labute approximate surface area is 253 Å². The molecule has 0 fully saturated rings. The van der Waals surface area contributed by atoms with Crippen molar-refractivity contribution < 1.29 is 38.3 Å². The molecule has 5 rings (SSSR count). The average molecular weight is 600 g/mol. The van der Waals surface area contributed by atoms with Gasteiger partial charge in [0.05, 0.1) is 12.2 Å². The minimum Gasteiger partial charge on any atom is -0.488 e. The molecular formula is C33H30FN3O7. The van der Waals surface area contributed by atoms with Gasteiger partial charge in [-0.25, -0.2) is 4.39 Å². The zero-order valence-corrected chi connectivity index (χ0v) is 23.9. The molecule has 1 unspecified atom stereocenters. The number of carboxylic acid groups (broad SMARTS) is 1. The Kier molecular flexibility index (Phi) is 9.54. The smallest absolute Gasteiger partial charge is 0.323 e. The molecule has 44 heavy (non-hydrogen) atoms. The topological polar surface area (TPSA) is 143 Å². The maximum Gasteiger partial charge on any atom is 0.323 e. The number of aliphatic hydroxyl groups is 1. The van der Waals surface area contributed by atoms with E-state index in [1.54, 1.807) is 12.3 Å². The molecule has 1 aliphatic heterocycles. The van der Waals surface area contributed by atoms with Crippen LogP contribution in [0.1, 0.15) is 27.8 Å². The van der Waals surface area contributed by atoms with Crippen molar-refractivity contribution in [2.45, 2.75) is 32.7 Å². The van der Waals surface area contributed by atoms with Crippen LogP contribution in [0.15, 0.2) is 67.0 Å². The third-order valence-corrected chi connectivity index (χ3v) is 7.14. The largest absolute Gasteiger partial charge is 0.488 e. The van der Waals surface area contributed by atoms with E-state index in [4.69, 9.17) is 18.9 Å². The number of nitriles is 1. The number of rotatable bonds is 12. The SMILES string of the molecule is Cc1c(COc2cc(OCc3cncc(C#N)c3)c(CNC(CO)C(=O)O)cc2F)cccc1-c1ccc2c(c1)OCCO2. The van der Waals surface area contributed by atoms with Crippen LogP contribution in [-0.4, -0.2) is 47.0 Å². The van der Waals surface area contributed by atoms with E-state index < -0.39 is 24.4 Å². The number of carbonyl (C=O) groups is 1. The summed E-state index contributed by atoms with van der Waals surface area (Å²) < 4.78 is 38.6. The molecule has 0 saturated carbocycles. The van der Waals surface area contributed by atoms with Gasteiger partial charge < -0.3 is 29.2 Å². The van der Waals surface area contributed by atoms with Gasteiger partial charge in [0, 0.05) is 36.1 Å². The third kappa shape index (κ3) is 7.06. The van der Waals surface area contributed by atoms with E-state index in [0.29, 0.717) is 41.4 Å². The first-order valence-corrected chi connectivity index (χ1v) is 13.8. The second kappa shape index (κ2) is 13.9. The fraction of sp³-hybridized carbons (Fsp3) is 0.242. The van der Waals surface area contributed by atoms with Crippen molar-refractivity contribution in [1.29, 1.82) is 5.26 Å². The normalized spacial score (nSPS) is 12.7. The molecule has 3 aromatic carbocycles. The number of halogens is 1. The molecule has 1 aromatic heterocycles. The van der Waals surface area contributed by atoms with Crippen molar-refractivity contribution in [3.8, 4) is 40.2 Å². The number of hydrogen-bond acceptors (Lipinski definition) is 9. The van der Waals surface area contributed by atoms with Crippen molar-refractivity contribution in [3.63, 3.8) is 0 Å². The van der Waals surface area contributed by atoms with Gasteiger partial charge in [0.2, 0.25) is 0 Å². The van der Waals surface area contributed by atoms with E-state index >= 15 is 4.39 Å². The Morgan fingerprint density at radius 1 is 1.05 bits per heavy atom. The molecule has 0 radical (unpaired) electrons. The highest BCUT2D eigenvalue weighted by molar-refractivity contribution is 5.73. The highest BCUT2D eigenvalue weighted by atomic mass is 19.1. The first-order chi connectivity index (χ1) is 21.4. The predicted molar refractivity (Wildman–Crippen MR) is 157 cm³/mol. The Bertz CT molecular complexity index is 1710. The van der Waals surface area contributed by atoms with Crippen molar-refractivity contribution in [1.82, 2.24) is 10.3 Å². The number of aromatic nitrogens is 1. The van der Waals surface area contributed by atoms with E-state index in [0.717, 1.165) is 22.3 Å². The summed E-state index contributed by atoms with van der Waals surface area (Å²) in [6.07, 6.45) is 2.97. The lowest BCUT2D eigenvalue weighted by Gasteiger charge is -2.20. The molecule has 0 saturated heterocycles. The summed E-state index contributed by atoms with van der Waals surface area (Å²) in [7, 11) is 0. The summed E-state index contributed by atoms with van der Waals surface area (Å²) in [5.41, 5.74) is 5.00. The molecule has 226 valence electrons. The van der Waals surface area contributed by atoms with Crippen LogP contribution in [0.2, 0.25) is 0 Å². The summed E-state index contributed by atoms with van der Waals surface area (Å²) >= 11 is 0. The minimum absolute atomic E-state index is 0.0135. The summed E-state index contributed by atoms with van der Waals surface area (Å²) in [6, 6.07) is 16.6. The number of nitrogens with one attached hydrogen (secondary N) is 1. The number of nitrogens with zero attached hydrogens (tertiary/aromatic N) is 2. The first kappa shape index (κ1) is 30.3. The van der Waals surface area contributed by atoms with Crippen LogP contribution < -0.4 is 24.3 Å². The predicted octanol–water partition coefficient (Wildman–Crippen LogP) is 4.53. The highest BCUT2D eigenvalue weighted by Crippen LogP contribution is 2.36. The van der Waals surface area contributed by atoms with E-state index in [2.05, 4.69) is 10.3 Å². The minimum atomic E-state index is -1.25. The lowest BCUT2D eigenvalue weighted by molar-refractivity contribution is -0.140. The van der Waals surface area contributed by atoms with E-state index in [9.17, 15) is 20.3 Å². The van der Waals surface area contributed by atoms with Crippen LogP contribution in [0.3, 0.4) is 0 Å². The molecule has 4 aromatic rings. The summed E-state index contributed by atoms with van der Waals surface area (Å²) in [5.74, 6) is -0.354. The quantitative estimate of drug-likeness (QED) is 0.213. The fourth-order valence-electron chi connectivity index (χ4n) is 4.73.